The van der Waals surface area contributed by atoms with Crippen molar-refractivity contribution in [2.24, 2.45) is 4.99 Å². The van der Waals surface area contributed by atoms with E-state index in [4.69, 9.17) is 4.74 Å². The van der Waals surface area contributed by atoms with Crippen LogP contribution in [0.3, 0.4) is 0 Å². The minimum Gasteiger partial charge on any atom is -0.462 e. The summed E-state index contributed by atoms with van der Waals surface area (Å²) >= 11 is 1.61. The van der Waals surface area contributed by atoms with Gasteiger partial charge in [-0.05, 0) is 24.6 Å². The van der Waals surface area contributed by atoms with E-state index >= 15 is 0 Å². The van der Waals surface area contributed by atoms with Crippen LogP contribution in [-0.4, -0.2) is 46.0 Å². The van der Waals surface area contributed by atoms with Crippen molar-refractivity contribution in [1.82, 2.24) is 9.55 Å². The van der Waals surface area contributed by atoms with Crippen LogP contribution >= 0.6 is 11.8 Å². The lowest BCUT2D eigenvalue weighted by atomic mass is 10.2. The smallest absolute Gasteiger partial charge is 0.338 e. The largest absolute Gasteiger partial charge is 0.462 e. The Labute approximate surface area is 156 Å². The van der Waals surface area contributed by atoms with Crippen molar-refractivity contribution in [3.05, 3.63) is 23.8 Å². The predicted molar refractivity (Wildman–Crippen MR) is 104 cm³/mol. The molecule has 1 aliphatic rings. The summed E-state index contributed by atoms with van der Waals surface area (Å²) in [6.07, 6.45) is 4.82. The molecule has 3 rings (SSSR count). The molecule has 0 atom stereocenters. The lowest BCUT2D eigenvalue weighted by Gasteiger charge is -2.07. The molecule has 1 aromatic heterocycles. The van der Waals surface area contributed by atoms with Gasteiger partial charge in [0.15, 0.2) is 5.17 Å². The molecule has 138 valence electrons. The van der Waals surface area contributed by atoms with E-state index in [0.29, 0.717) is 30.0 Å². The second-order valence-electron chi connectivity index (χ2n) is 5.95. The highest BCUT2D eigenvalue weighted by molar-refractivity contribution is 8.14. The van der Waals surface area contributed by atoms with Gasteiger partial charge in [0.05, 0.1) is 29.7 Å². The Hall–Kier alpha value is -2.35. The molecule has 8 heteroatoms. The Morgan fingerprint density at radius 3 is 3.00 bits per heavy atom. The summed E-state index contributed by atoms with van der Waals surface area (Å²) in [6, 6.07) is 5.23. The minimum absolute atomic E-state index is 0.351. The van der Waals surface area contributed by atoms with Gasteiger partial charge in [-0.3, -0.25) is 19.7 Å². The van der Waals surface area contributed by atoms with Crippen molar-refractivity contribution < 1.29 is 14.3 Å². The number of thioether (sulfide) groups is 1. The van der Waals surface area contributed by atoms with Gasteiger partial charge in [-0.1, -0.05) is 37.9 Å². The summed E-state index contributed by atoms with van der Waals surface area (Å²) in [5, 5.41) is 3.40. The standard InChI is InChI=1S/C18H22N4O3S/c1-2-3-4-5-9-25-16(24)13-6-7-15-14(11-13)21-17(20-12-23)22(15)18-19-8-10-26-18/h6-7,11-12H,2-5,8-10H2,1H3,(H,20,21,23). The molecule has 1 aliphatic heterocycles. The molecule has 0 bridgehead atoms. The second kappa shape index (κ2) is 8.84. The van der Waals surface area contributed by atoms with E-state index in [1.165, 1.54) is 0 Å². The quantitative estimate of drug-likeness (QED) is 0.435. The van der Waals surface area contributed by atoms with Gasteiger partial charge < -0.3 is 4.74 Å². The molecule has 0 radical (unpaired) electrons. The lowest BCUT2D eigenvalue weighted by Crippen LogP contribution is -2.11. The number of amides is 1. The molecular weight excluding hydrogens is 352 g/mol. The van der Waals surface area contributed by atoms with E-state index in [1.807, 2.05) is 6.07 Å². The van der Waals surface area contributed by atoms with Crippen LogP contribution in [0, 0.1) is 0 Å². The van der Waals surface area contributed by atoms with Crippen LogP contribution in [0.15, 0.2) is 23.2 Å². The van der Waals surface area contributed by atoms with Crippen molar-refractivity contribution in [3.63, 3.8) is 0 Å². The van der Waals surface area contributed by atoms with Gasteiger partial charge in [0, 0.05) is 5.75 Å². The molecule has 1 aromatic carbocycles. The van der Waals surface area contributed by atoms with Gasteiger partial charge in [-0.15, -0.1) is 0 Å². The number of benzene rings is 1. The van der Waals surface area contributed by atoms with Crippen LogP contribution < -0.4 is 5.32 Å². The Kier molecular flexibility index (Phi) is 6.27. The third-order valence-electron chi connectivity index (χ3n) is 4.07. The fourth-order valence-corrected chi connectivity index (χ4v) is 3.65. The van der Waals surface area contributed by atoms with Crippen LogP contribution in [0.2, 0.25) is 0 Å². The van der Waals surface area contributed by atoms with Crippen molar-refractivity contribution >= 4 is 46.3 Å². The summed E-state index contributed by atoms with van der Waals surface area (Å²) in [6.45, 7) is 3.31. The number of fused-ring (bicyclic) bond motifs is 1. The maximum atomic E-state index is 12.2. The number of anilines is 1. The molecule has 0 saturated heterocycles. The van der Waals surface area contributed by atoms with Gasteiger partial charge in [-0.25, -0.2) is 9.78 Å². The van der Waals surface area contributed by atoms with E-state index in [0.717, 1.165) is 48.7 Å². The highest BCUT2D eigenvalue weighted by Crippen LogP contribution is 2.26. The number of nitrogens with one attached hydrogen (secondary N) is 1. The van der Waals surface area contributed by atoms with Crippen molar-refractivity contribution in [3.8, 4) is 0 Å². The highest BCUT2D eigenvalue weighted by Gasteiger charge is 2.19. The Morgan fingerprint density at radius 2 is 2.27 bits per heavy atom. The Morgan fingerprint density at radius 1 is 1.38 bits per heavy atom. The van der Waals surface area contributed by atoms with Crippen LogP contribution in [0.4, 0.5) is 5.95 Å². The molecule has 0 aliphatic carbocycles. The van der Waals surface area contributed by atoms with E-state index in [-0.39, 0.29) is 5.97 Å². The zero-order valence-corrected chi connectivity index (χ0v) is 15.6. The van der Waals surface area contributed by atoms with Crippen LogP contribution in [0.5, 0.6) is 0 Å². The number of imidazole rings is 1. The average Bonchev–Trinajstić information content (AvgIpc) is 3.28. The van der Waals surface area contributed by atoms with Gasteiger partial charge >= 0.3 is 5.97 Å². The molecule has 2 heterocycles. The van der Waals surface area contributed by atoms with Gasteiger partial charge in [0.1, 0.15) is 0 Å². The first-order valence-corrected chi connectivity index (χ1v) is 9.80. The van der Waals surface area contributed by atoms with Crippen LogP contribution in [0.1, 0.15) is 43.0 Å². The predicted octanol–water partition coefficient (Wildman–Crippen LogP) is 3.29. The molecule has 0 saturated carbocycles. The molecule has 26 heavy (non-hydrogen) atoms. The maximum Gasteiger partial charge on any atom is 0.338 e. The van der Waals surface area contributed by atoms with Crippen LogP contribution in [-0.2, 0) is 9.53 Å². The molecule has 1 amide bonds. The van der Waals surface area contributed by atoms with Crippen LogP contribution in [0.25, 0.3) is 11.0 Å². The summed E-state index contributed by atoms with van der Waals surface area (Å²) in [4.78, 5) is 32.0. The molecule has 7 nitrogen and oxygen atoms in total. The number of carbonyl (C=O) groups is 2. The number of aromatic nitrogens is 2. The number of carbonyl (C=O) groups excluding carboxylic acids is 2. The fraction of sp³-hybridized carbons (Fsp3) is 0.444. The number of hydrogen-bond acceptors (Lipinski definition) is 6. The van der Waals surface area contributed by atoms with Crippen molar-refractivity contribution in [1.29, 1.82) is 0 Å². The number of nitrogens with zero attached hydrogens (tertiary/aromatic N) is 3. The fourth-order valence-electron chi connectivity index (χ4n) is 2.79. The number of esters is 1. The molecule has 0 fully saturated rings. The Bertz CT molecular complexity index is 831. The summed E-state index contributed by atoms with van der Waals surface area (Å²) in [5.41, 5.74) is 1.86. The second-order valence-corrected chi connectivity index (χ2v) is 7.01. The van der Waals surface area contributed by atoms with E-state index in [1.54, 1.807) is 28.5 Å². The van der Waals surface area contributed by atoms with E-state index < -0.39 is 0 Å². The molecular formula is C18H22N4O3S. The highest BCUT2D eigenvalue weighted by atomic mass is 32.2. The van der Waals surface area contributed by atoms with Gasteiger partial charge in [0.25, 0.3) is 0 Å². The lowest BCUT2D eigenvalue weighted by molar-refractivity contribution is -0.105. The normalized spacial score (nSPS) is 13.7. The molecule has 1 N–H and O–H groups in total. The SMILES string of the molecule is CCCCCCOC(=O)c1ccc2c(c1)nc(NC=O)n2C1=NCCS1. The number of rotatable bonds is 8. The molecule has 2 aromatic rings. The zero-order chi connectivity index (χ0) is 18.4. The number of unbranched alkanes of at least 4 members (excludes halogenated alkanes) is 3. The zero-order valence-electron chi connectivity index (χ0n) is 14.7. The summed E-state index contributed by atoms with van der Waals surface area (Å²) in [5.74, 6) is 0.946. The summed E-state index contributed by atoms with van der Waals surface area (Å²) < 4.78 is 7.14. The topological polar surface area (TPSA) is 85.6 Å². The van der Waals surface area contributed by atoms with Gasteiger partial charge in [-0.2, -0.15) is 0 Å². The Balaban J connectivity index is 1.80. The monoisotopic (exact) mass is 374 g/mol. The minimum atomic E-state index is -0.351. The number of hydrogen-bond donors (Lipinski definition) is 1. The first-order valence-electron chi connectivity index (χ1n) is 8.82. The van der Waals surface area contributed by atoms with E-state index in [9.17, 15) is 9.59 Å². The first kappa shape index (κ1) is 18.4. The number of ether oxygens (including phenoxy) is 1. The molecule has 0 unspecified atom stereocenters. The molecule has 0 spiro atoms. The van der Waals surface area contributed by atoms with Crippen molar-refractivity contribution in [2.45, 2.75) is 32.6 Å². The number of aliphatic imine (C=N–C) groups is 1. The third kappa shape index (κ3) is 4.07. The maximum absolute atomic E-state index is 12.2. The third-order valence-corrected chi connectivity index (χ3v) is 5.03. The first-order chi connectivity index (χ1) is 12.7. The van der Waals surface area contributed by atoms with E-state index in [2.05, 4.69) is 22.2 Å². The van der Waals surface area contributed by atoms with Crippen molar-refractivity contribution in [2.75, 3.05) is 24.2 Å². The van der Waals surface area contributed by atoms with Gasteiger partial charge in [0.2, 0.25) is 12.4 Å². The summed E-state index contributed by atoms with van der Waals surface area (Å²) in [7, 11) is 0. The average molecular weight is 374 g/mol.